The summed E-state index contributed by atoms with van der Waals surface area (Å²) in [6, 6.07) is 1.65. The summed E-state index contributed by atoms with van der Waals surface area (Å²) in [5.41, 5.74) is 0. The number of amides is 1. The highest BCUT2D eigenvalue weighted by atomic mass is 16.5. The Morgan fingerprint density at radius 1 is 1.39 bits per heavy atom. The first-order valence-electron chi connectivity index (χ1n) is 7.38. The van der Waals surface area contributed by atoms with Crippen molar-refractivity contribution in [3.63, 3.8) is 0 Å². The lowest BCUT2D eigenvalue weighted by molar-refractivity contribution is 0.0655. The molecule has 1 amide bonds. The number of nitrogens with zero attached hydrogens (tertiary/aromatic N) is 7. The van der Waals surface area contributed by atoms with E-state index < -0.39 is 0 Å². The zero-order valence-electron chi connectivity index (χ0n) is 13.2. The molecular formula is C14H17N7O2. The number of carbonyl (C=O) groups excluding carboxylic acids is 1. The van der Waals surface area contributed by atoms with Gasteiger partial charge >= 0.3 is 0 Å². The van der Waals surface area contributed by atoms with Gasteiger partial charge in [-0.15, -0.1) is 5.10 Å². The van der Waals surface area contributed by atoms with E-state index in [0.717, 1.165) is 0 Å². The van der Waals surface area contributed by atoms with Gasteiger partial charge in [0.15, 0.2) is 5.82 Å². The number of hydrogen-bond donors (Lipinski definition) is 0. The fourth-order valence-electron chi connectivity index (χ4n) is 2.08. The van der Waals surface area contributed by atoms with Gasteiger partial charge in [0.1, 0.15) is 6.54 Å². The zero-order chi connectivity index (χ0) is 16.4. The van der Waals surface area contributed by atoms with Crippen LogP contribution in [0.2, 0.25) is 0 Å². The van der Waals surface area contributed by atoms with Crippen LogP contribution in [0.1, 0.15) is 43.1 Å². The highest BCUT2D eigenvalue weighted by Gasteiger charge is 2.25. The highest BCUT2D eigenvalue weighted by molar-refractivity contribution is 5.91. The molecule has 0 fully saturated rings. The second kappa shape index (κ2) is 6.11. The third kappa shape index (κ3) is 3.03. The first-order valence-corrected chi connectivity index (χ1v) is 7.38. The van der Waals surface area contributed by atoms with Crippen LogP contribution < -0.4 is 0 Å². The molecule has 0 aliphatic rings. The van der Waals surface area contributed by atoms with Gasteiger partial charge in [0, 0.05) is 24.9 Å². The lowest BCUT2D eigenvalue weighted by Crippen LogP contribution is -2.37. The summed E-state index contributed by atoms with van der Waals surface area (Å²) >= 11 is 0. The molecule has 0 saturated heterocycles. The molecule has 9 heteroatoms. The van der Waals surface area contributed by atoms with Gasteiger partial charge in [-0.2, -0.15) is 9.97 Å². The molecule has 0 aliphatic carbocycles. The summed E-state index contributed by atoms with van der Waals surface area (Å²) < 4.78 is 6.63. The Kier molecular flexibility index (Phi) is 4.00. The van der Waals surface area contributed by atoms with Crippen LogP contribution in [0.5, 0.6) is 0 Å². The zero-order valence-corrected chi connectivity index (χ0v) is 13.2. The van der Waals surface area contributed by atoms with E-state index >= 15 is 0 Å². The topological polar surface area (TPSA) is 102 Å². The molecule has 120 valence electrons. The lowest BCUT2D eigenvalue weighted by Gasteiger charge is -2.23. The quantitative estimate of drug-likeness (QED) is 0.695. The summed E-state index contributed by atoms with van der Waals surface area (Å²) in [5.74, 6) is 1.18. The van der Waals surface area contributed by atoms with Crippen molar-refractivity contribution in [1.29, 1.82) is 0 Å². The van der Waals surface area contributed by atoms with Crippen molar-refractivity contribution >= 4 is 11.7 Å². The van der Waals surface area contributed by atoms with Crippen LogP contribution >= 0.6 is 0 Å². The molecule has 0 aromatic carbocycles. The van der Waals surface area contributed by atoms with Crippen LogP contribution in [-0.2, 0) is 13.0 Å². The third-order valence-electron chi connectivity index (χ3n) is 3.32. The molecule has 23 heavy (non-hydrogen) atoms. The standard InChI is InChI=1S/C14H17N7O2/c1-4-10-16-11(23-19-10)8-20(9(2)3)13(22)12-17-14-15-6-5-7-21(14)18-12/h5-7,9H,4,8H2,1-3H3. The summed E-state index contributed by atoms with van der Waals surface area (Å²) in [5, 5.41) is 8.01. The minimum atomic E-state index is -0.304. The van der Waals surface area contributed by atoms with Crippen molar-refractivity contribution in [2.24, 2.45) is 0 Å². The predicted molar refractivity (Wildman–Crippen MR) is 79.5 cm³/mol. The average Bonchev–Trinajstić information content (AvgIpc) is 3.17. The molecule has 0 aliphatic heterocycles. The largest absolute Gasteiger partial charge is 0.337 e. The maximum atomic E-state index is 12.7. The normalized spacial score (nSPS) is 11.3. The number of hydrogen-bond acceptors (Lipinski definition) is 7. The number of rotatable bonds is 5. The Morgan fingerprint density at radius 3 is 2.87 bits per heavy atom. The molecule has 0 radical (unpaired) electrons. The Bertz CT molecular complexity index is 790. The van der Waals surface area contributed by atoms with Crippen molar-refractivity contribution in [3.05, 3.63) is 36.0 Å². The van der Waals surface area contributed by atoms with Crippen LogP contribution in [0.15, 0.2) is 23.0 Å². The smallest absolute Gasteiger partial charge is 0.294 e. The van der Waals surface area contributed by atoms with Crippen LogP contribution in [0.3, 0.4) is 0 Å². The summed E-state index contributed by atoms with van der Waals surface area (Å²) in [6.07, 6.45) is 3.97. The fraction of sp³-hybridized carbons (Fsp3) is 0.429. The van der Waals surface area contributed by atoms with Crippen molar-refractivity contribution in [2.45, 2.75) is 39.8 Å². The Morgan fingerprint density at radius 2 is 2.22 bits per heavy atom. The van der Waals surface area contributed by atoms with Gasteiger partial charge in [0.05, 0.1) is 0 Å². The molecule has 0 spiro atoms. The summed E-state index contributed by atoms with van der Waals surface area (Å²) in [4.78, 5) is 26.8. The van der Waals surface area contributed by atoms with E-state index in [0.29, 0.717) is 23.9 Å². The van der Waals surface area contributed by atoms with Crippen molar-refractivity contribution in [3.8, 4) is 0 Å². The SMILES string of the molecule is CCc1noc(CN(C(=O)c2nc3ncccn3n2)C(C)C)n1. The van der Waals surface area contributed by atoms with E-state index in [1.807, 2.05) is 20.8 Å². The number of aryl methyl sites for hydroxylation is 1. The van der Waals surface area contributed by atoms with E-state index in [-0.39, 0.29) is 24.3 Å². The minimum absolute atomic E-state index is 0.0703. The van der Waals surface area contributed by atoms with Crippen LogP contribution in [0.4, 0.5) is 0 Å². The lowest BCUT2D eigenvalue weighted by atomic mass is 10.3. The Balaban J connectivity index is 1.86. The number of aromatic nitrogens is 6. The summed E-state index contributed by atoms with van der Waals surface area (Å²) in [7, 11) is 0. The van der Waals surface area contributed by atoms with E-state index in [1.165, 1.54) is 4.52 Å². The molecule has 0 N–H and O–H groups in total. The van der Waals surface area contributed by atoms with Gasteiger partial charge in [0.25, 0.3) is 11.7 Å². The fourth-order valence-corrected chi connectivity index (χ4v) is 2.08. The molecule has 0 unspecified atom stereocenters. The molecule has 0 atom stereocenters. The Hall–Kier alpha value is -2.84. The van der Waals surface area contributed by atoms with E-state index in [4.69, 9.17) is 4.52 Å². The average molecular weight is 315 g/mol. The van der Waals surface area contributed by atoms with Gasteiger partial charge in [0.2, 0.25) is 11.7 Å². The monoisotopic (exact) mass is 315 g/mol. The first kappa shape index (κ1) is 15.1. The molecule has 0 saturated carbocycles. The van der Waals surface area contributed by atoms with Crippen molar-refractivity contribution in [1.82, 2.24) is 34.6 Å². The second-order valence-corrected chi connectivity index (χ2v) is 5.28. The first-order chi connectivity index (χ1) is 11.1. The molecule has 3 aromatic heterocycles. The van der Waals surface area contributed by atoms with Gasteiger partial charge < -0.3 is 9.42 Å². The molecular weight excluding hydrogens is 298 g/mol. The van der Waals surface area contributed by atoms with Gasteiger partial charge in [-0.3, -0.25) is 4.79 Å². The molecule has 3 heterocycles. The molecule has 3 rings (SSSR count). The molecule has 0 bridgehead atoms. The highest BCUT2D eigenvalue weighted by Crippen LogP contribution is 2.11. The number of carbonyl (C=O) groups is 1. The molecule has 3 aromatic rings. The summed E-state index contributed by atoms with van der Waals surface area (Å²) in [6.45, 7) is 5.96. The van der Waals surface area contributed by atoms with E-state index in [1.54, 1.807) is 23.4 Å². The molecule has 9 nitrogen and oxygen atoms in total. The van der Waals surface area contributed by atoms with Gasteiger partial charge in [-0.1, -0.05) is 12.1 Å². The second-order valence-electron chi connectivity index (χ2n) is 5.28. The maximum absolute atomic E-state index is 12.7. The Labute approximate surface area is 132 Å². The van der Waals surface area contributed by atoms with Gasteiger partial charge in [-0.25, -0.2) is 9.50 Å². The number of fused-ring (bicyclic) bond motifs is 1. The maximum Gasteiger partial charge on any atom is 0.294 e. The third-order valence-corrected chi connectivity index (χ3v) is 3.32. The minimum Gasteiger partial charge on any atom is -0.337 e. The van der Waals surface area contributed by atoms with Crippen LogP contribution in [-0.4, -0.2) is 46.6 Å². The van der Waals surface area contributed by atoms with Crippen molar-refractivity contribution < 1.29 is 9.32 Å². The van der Waals surface area contributed by atoms with Crippen molar-refractivity contribution in [2.75, 3.05) is 0 Å². The predicted octanol–water partition coefficient (Wildman–Crippen LogP) is 1.12. The van der Waals surface area contributed by atoms with E-state index in [9.17, 15) is 4.79 Å². The van der Waals surface area contributed by atoms with Crippen LogP contribution in [0, 0.1) is 0 Å². The van der Waals surface area contributed by atoms with Crippen LogP contribution in [0.25, 0.3) is 5.78 Å². The van der Waals surface area contributed by atoms with Gasteiger partial charge in [-0.05, 0) is 19.9 Å². The van der Waals surface area contributed by atoms with E-state index in [2.05, 4.69) is 25.2 Å².